The van der Waals surface area contributed by atoms with E-state index in [2.05, 4.69) is 0 Å². The van der Waals surface area contributed by atoms with Crippen molar-refractivity contribution in [2.75, 3.05) is 14.2 Å². The normalized spacial score (nSPS) is 13.4. The van der Waals surface area contributed by atoms with Crippen LogP contribution in [0.4, 0.5) is 0 Å². The smallest absolute Gasteiger partial charge is 0.347 e. The van der Waals surface area contributed by atoms with Crippen molar-refractivity contribution in [2.24, 2.45) is 0 Å². The van der Waals surface area contributed by atoms with Crippen LogP contribution >= 0.6 is 0 Å². The van der Waals surface area contributed by atoms with Gasteiger partial charge in [-0.2, -0.15) is 0 Å². The number of benzene rings is 3. The average Bonchev–Trinajstić information content (AvgIpc) is 2.82. The van der Waals surface area contributed by atoms with E-state index in [0.29, 0.717) is 16.5 Å². The predicted molar refractivity (Wildman–Crippen MR) is 131 cm³/mol. The molecule has 3 N–H and O–H groups in total. The Balaban J connectivity index is 1.88. The highest BCUT2D eigenvalue weighted by molar-refractivity contribution is 6.42. The predicted octanol–water partition coefficient (Wildman–Crippen LogP) is 4.24. The third kappa shape index (κ3) is 3.06. The lowest BCUT2D eigenvalue weighted by atomic mass is 9.80. The molecule has 36 heavy (non-hydrogen) atoms. The van der Waals surface area contributed by atoms with Gasteiger partial charge < -0.3 is 29.2 Å². The molecule has 182 valence electrons. The number of Topliss-reactive ketones (excluding diaryl/α,β-unsaturated/α-hetero) is 2. The van der Waals surface area contributed by atoms with E-state index in [1.54, 1.807) is 19.1 Å². The van der Waals surface area contributed by atoms with Crippen molar-refractivity contribution in [1.82, 2.24) is 0 Å². The van der Waals surface area contributed by atoms with Gasteiger partial charge in [0.15, 0.2) is 11.6 Å². The minimum atomic E-state index is -0.798. The van der Waals surface area contributed by atoms with Crippen molar-refractivity contribution in [3.8, 4) is 28.7 Å². The quantitative estimate of drug-likeness (QED) is 0.361. The van der Waals surface area contributed by atoms with Crippen LogP contribution in [0, 0.1) is 6.92 Å². The Hall–Kier alpha value is -4.79. The molecule has 1 heterocycles. The van der Waals surface area contributed by atoms with E-state index in [-0.39, 0.29) is 50.1 Å². The summed E-state index contributed by atoms with van der Waals surface area (Å²) >= 11 is 0. The Morgan fingerprint density at radius 1 is 0.750 bits per heavy atom. The molecule has 1 aliphatic carbocycles. The lowest BCUT2D eigenvalue weighted by molar-refractivity contribution is 0.0989. The maximum Gasteiger partial charge on any atom is 0.347 e. The summed E-state index contributed by atoms with van der Waals surface area (Å²) in [5.41, 5.74) is -1.47. The van der Waals surface area contributed by atoms with Crippen molar-refractivity contribution in [3.05, 3.63) is 68.8 Å². The number of phenols is 3. The summed E-state index contributed by atoms with van der Waals surface area (Å²) in [6, 6.07) is 7.18. The van der Waals surface area contributed by atoms with Crippen LogP contribution in [0.5, 0.6) is 28.7 Å². The number of methoxy groups -OCH3 is 2. The van der Waals surface area contributed by atoms with Crippen molar-refractivity contribution in [1.29, 1.82) is 0 Å². The van der Waals surface area contributed by atoms with Gasteiger partial charge in [0, 0.05) is 22.8 Å². The summed E-state index contributed by atoms with van der Waals surface area (Å²) in [4.78, 5) is 39.4. The van der Waals surface area contributed by atoms with E-state index in [1.165, 1.54) is 39.3 Å². The maximum absolute atomic E-state index is 13.6. The first-order valence-electron chi connectivity index (χ1n) is 10.8. The van der Waals surface area contributed by atoms with E-state index < -0.39 is 34.4 Å². The standard InChI is InChI=1S/C27H20O9/c1-10-5-12-6-13-7-17(35-4)22(26(32)19(13)25(31)20(12)27(33)36-10)18-11(2)23(29)15-8-14(34-3)9-16(28)21(15)24(18)30/h5-9,28,31-32H,1-4H3. The monoisotopic (exact) mass is 488 g/mol. The van der Waals surface area contributed by atoms with Gasteiger partial charge >= 0.3 is 5.63 Å². The number of carbonyl (C=O) groups excluding carboxylic acids is 2. The number of hydrogen-bond donors (Lipinski definition) is 3. The Labute approximate surface area is 203 Å². The Kier molecular flexibility index (Phi) is 5.03. The maximum atomic E-state index is 13.6. The van der Waals surface area contributed by atoms with E-state index in [4.69, 9.17) is 13.9 Å². The summed E-state index contributed by atoms with van der Waals surface area (Å²) in [7, 11) is 2.69. The molecular weight excluding hydrogens is 468 g/mol. The SMILES string of the molecule is COc1cc(O)c2c(c1)C(=O)C(C)=C(c1c(OC)cc3cc4cc(C)oc(=O)c4c(O)c3c1O)C2=O. The van der Waals surface area contributed by atoms with E-state index in [1.807, 2.05) is 0 Å². The third-order valence-corrected chi connectivity index (χ3v) is 6.40. The zero-order valence-electron chi connectivity index (χ0n) is 19.7. The van der Waals surface area contributed by atoms with Gasteiger partial charge in [-0.05, 0) is 48.9 Å². The van der Waals surface area contributed by atoms with Gasteiger partial charge in [0.05, 0.1) is 30.7 Å². The van der Waals surface area contributed by atoms with Gasteiger partial charge in [-0.1, -0.05) is 0 Å². The van der Waals surface area contributed by atoms with Crippen molar-refractivity contribution in [2.45, 2.75) is 13.8 Å². The van der Waals surface area contributed by atoms with E-state index in [9.17, 15) is 29.7 Å². The molecule has 0 aliphatic heterocycles. The number of ether oxygens (including phenoxy) is 2. The molecule has 0 unspecified atom stereocenters. The van der Waals surface area contributed by atoms with Crippen LogP contribution in [0.3, 0.4) is 0 Å². The third-order valence-electron chi connectivity index (χ3n) is 6.40. The van der Waals surface area contributed by atoms with Gasteiger partial charge in [-0.3, -0.25) is 9.59 Å². The molecule has 9 nitrogen and oxygen atoms in total. The molecule has 0 saturated heterocycles. The number of hydrogen-bond acceptors (Lipinski definition) is 9. The molecule has 9 heteroatoms. The van der Waals surface area contributed by atoms with Crippen LogP contribution in [0.2, 0.25) is 0 Å². The van der Waals surface area contributed by atoms with Crippen LogP contribution < -0.4 is 15.1 Å². The summed E-state index contributed by atoms with van der Waals surface area (Å²) in [6.45, 7) is 3.00. The number of rotatable bonds is 3. The molecule has 0 amide bonds. The first-order valence-corrected chi connectivity index (χ1v) is 10.8. The highest BCUT2D eigenvalue weighted by Crippen LogP contribution is 2.49. The number of phenolic OH excluding ortho intramolecular Hbond substituents is 3. The van der Waals surface area contributed by atoms with Gasteiger partial charge in [0.25, 0.3) is 0 Å². The lowest BCUT2D eigenvalue weighted by Gasteiger charge is -2.23. The second-order valence-electron chi connectivity index (χ2n) is 8.46. The summed E-state index contributed by atoms with van der Waals surface area (Å²) in [6.07, 6.45) is 0. The van der Waals surface area contributed by atoms with Gasteiger partial charge in [0.2, 0.25) is 0 Å². The zero-order chi connectivity index (χ0) is 26.0. The number of allylic oxidation sites excluding steroid dienone is 2. The molecular formula is C27H20O9. The fourth-order valence-corrected chi connectivity index (χ4v) is 4.75. The minimum absolute atomic E-state index is 0.0106. The topological polar surface area (TPSA) is 144 Å². The van der Waals surface area contributed by atoms with E-state index in [0.717, 1.165) is 0 Å². The Morgan fingerprint density at radius 3 is 2.11 bits per heavy atom. The summed E-state index contributed by atoms with van der Waals surface area (Å²) in [5, 5.41) is 33.3. The van der Waals surface area contributed by atoms with Crippen LogP contribution in [-0.2, 0) is 0 Å². The number of fused-ring (bicyclic) bond motifs is 3. The van der Waals surface area contributed by atoms with Crippen LogP contribution in [0.25, 0.3) is 27.1 Å². The molecule has 0 atom stereocenters. The molecule has 0 bridgehead atoms. The highest BCUT2D eigenvalue weighted by Gasteiger charge is 2.37. The Morgan fingerprint density at radius 2 is 1.44 bits per heavy atom. The van der Waals surface area contributed by atoms with Crippen molar-refractivity contribution < 1.29 is 38.8 Å². The number of aryl methyl sites for hydroxylation is 1. The molecule has 0 fully saturated rings. The first kappa shape index (κ1) is 23.0. The van der Waals surface area contributed by atoms with Crippen LogP contribution in [0.15, 0.2) is 45.1 Å². The molecule has 4 aromatic rings. The molecule has 0 radical (unpaired) electrons. The van der Waals surface area contributed by atoms with Gasteiger partial charge in [-0.25, -0.2) is 4.79 Å². The lowest BCUT2D eigenvalue weighted by Crippen LogP contribution is -2.21. The van der Waals surface area contributed by atoms with Crippen LogP contribution in [0.1, 0.15) is 39.0 Å². The van der Waals surface area contributed by atoms with Gasteiger partial charge in [-0.15, -0.1) is 0 Å². The van der Waals surface area contributed by atoms with Gasteiger partial charge in [0.1, 0.15) is 39.9 Å². The molecule has 1 aromatic heterocycles. The van der Waals surface area contributed by atoms with Crippen LogP contribution in [-0.4, -0.2) is 41.1 Å². The fraction of sp³-hybridized carbons (Fsp3) is 0.148. The number of aromatic hydroxyl groups is 3. The molecule has 0 spiro atoms. The van der Waals surface area contributed by atoms with Crippen molar-refractivity contribution >= 4 is 38.7 Å². The second-order valence-corrected chi connectivity index (χ2v) is 8.46. The second kappa shape index (κ2) is 7.88. The number of ketones is 2. The molecule has 1 aliphatic rings. The summed E-state index contributed by atoms with van der Waals surface area (Å²) in [5.74, 6) is -2.30. The zero-order valence-corrected chi connectivity index (χ0v) is 19.7. The Bertz CT molecular complexity index is 1760. The molecule has 3 aromatic carbocycles. The highest BCUT2D eigenvalue weighted by atomic mass is 16.5. The number of carbonyl (C=O) groups is 2. The minimum Gasteiger partial charge on any atom is -0.507 e. The average molecular weight is 488 g/mol. The summed E-state index contributed by atoms with van der Waals surface area (Å²) < 4.78 is 15.7. The molecule has 5 rings (SSSR count). The molecule has 0 saturated carbocycles. The fourth-order valence-electron chi connectivity index (χ4n) is 4.75. The van der Waals surface area contributed by atoms with Crippen molar-refractivity contribution in [3.63, 3.8) is 0 Å². The van der Waals surface area contributed by atoms with E-state index >= 15 is 0 Å². The largest absolute Gasteiger partial charge is 0.507 e. The first-order chi connectivity index (χ1) is 17.1.